The van der Waals surface area contributed by atoms with Crippen LogP contribution in [-0.2, 0) is 16.4 Å². The van der Waals surface area contributed by atoms with Gasteiger partial charge in [-0.2, -0.15) is 0 Å². The number of nitrogens with one attached hydrogen (secondary N) is 1. The minimum atomic E-state index is -3.59. The Labute approximate surface area is 131 Å². The third-order valence-corrected chi connectivity index (χ3v) is 4.83. The van der Waals surface area contributed by atoms with Crippen molar-refractivity contribution in [3.63, 3.8) is 0 Å². The molecule has 0 aromatic heterocycles. The first-order chi connectivity index (χ1) is 9.92. The van der Waals surface area contributed by atoms with Crippen LogP contribution in [0, 0.1) is 6.92 Å². The summed E-state index contributed by atoms with van der Waals surface area (Å²) in [7, 11) is -3.59. The summed E-state index contributed by atoms with van der Waals surface area (Å²) in [4.78, 5) is 0.252. The molecule has 0 radical (unpaired) electrons. The normalized spacial score (nSPS) is 11.4. The summed E-state index contributed by atoms with van der Waals surface area (Å²) in [6.07, 6.45) is 1.98. The molecule has 1 N–H and O–H groups in total. The van der Waals surface area contributed by atoms with E-state index < -0.39 is 10.0 Å². The fourth-order valence-corrected chi connectivity index (χ4v) is 3.33. The molecule has 0 heterocycles. The summed E-state index contributed by atoms with van der Waals surface area (Å²) in [5.41, 5.74) is 2.46. The van der Waals surface area contributed by atoms with E-state index in [1.54, 1.807) is 30.3 Å². The zero-order valence-corrected chi connectivity index (χ0v) is 13.6. The van der Waals surface area contributed by atoms with Crippen LogP contribution in [0.4, 0.5) is 5.69 Å². The number of rotatable bonds is 5. The minimum Gasteiger partial charge on any atom is -0.279 e. The van der Waals surface area contributed by atoms with Crippen LogP contribution >= 0.6 is 11.6 Å². The Morgan fingerprint density at radius 1 is 1.10 bits per heavy atom. The van der Waals surface area contributed by atoms with E-state index in [1.165, 1.54) is 0 Å². The van der Waals surface area contributed by atoms with Crippen molar-refractivity contribution in [2.24, 2.45) is 0 Å². The van der Waals surface area contributed by atoms with Gasteiger partial charge in [0.25, 0.3) is 10.0 Å². The Balaban J connectivity index is 2.27. The molecule has 0 spiro atoms. The van der Waals surface area contributed by atoms with Crippen LogP contribution < -0.4 is 4.72 Å². The topological polar surface area (TPSA) is 46.2 Å². The molecule has 5 heteroatoms. The van der Waals surface area contributed by atoms with Crippen LogP contribution in [0.1, 0.15) is 24.5 Å². The van der Waals surface area contributed by atoms with Gasteiger partial charge in [0, 0.05) is 5.02 Å². The lowest BCUT2D eigenvalue weighted by atomic mass is 10.1. The molecule has 0 amide bonds. The largest absolute Gasteiger partial charge is 0.279 e. The Bertz CT molecular complexity index is 724. The zero-order valence-electron chi connectivity index (χ0n) is 12.1. The molecule has 2 aromatic carbocycles. The van der Waals surface area contributed by atoms with Gasteiger partial charge in [-0.3, -0.25) is 4.72 Å². The molecule has 21 heavy (non-hydrogen) atoms. The minimum absolute atomic E-state index is 0.252. The molecule has 2 rings (SSSR count). The summed E-state index contributed by atoms with van der Waals surface area (Å²) >= 11 is 5.91. The lowest BCUT2D eigenvalue weighted by Crippen LogP contribution is -2.13. The van der Waals surface area contributed by atoms with Crippen LogP contribution in [0.25, 0.3) is 0 Å². The molecular weight excluding hydrogens is 306 g/mol. The first-order valence-electron chi connectivity index (χ1n) is 6.80. The van der Waals surface area contributed by atoms with Crippen LogP contribution in [0.15, 0.2) is 47.4 Å². The van der Waals surface area contributed by atoms with Crippen molar-refractivity contribution < 1.29 is 8.42 Å². The molecule has 0 aliphatic heterocycles. The first-order valence-corrected chi connectivity index (χ1v) is 8.66. The van der Waals surface area contributed by atoms with Gasteiger partial charge in [-0.25, -0.2) is 8.42 Å². The van der Waals surface area contributed by atoms with E-state index >= 15 is 0 Å². The molecule has 112 valence electrons. The third-order valence-electron chi connectivity index (χ3n) is 3.22. The summed E-state index contributed by atoms with van der Waals surface area (Å²) < 4.78 is 27.3. The maximum Gasteiger partial charge on any atom is 0.261 e. The molecule has 0 saturated carbocycles. The summed E-state index contributed by atoms with van der Waals surface area (Å²) in [6.45, 7) is 3.92. The van der Waals surface area contributed by atoms with Crippen molar-refractivity contribution in [3.8, 4) is 0 Å². The van der Waals surface area contributed by atoms with Gasteiger partial charge < -0.3 is 0 Å². The molecule has 0 saturated heterocycles. The number of aryl methyl sites for hydroxylation is 2. The highest BCUT2D eigenvalue weighted by Gasteiger charge is 2.15. The van der Waals surface area contributed by atoms with E-state index in [1.807, 2.05) is 19.1 Å². The molecule has 2 aromatic rings. The average Bonchev–Trinajstić information content (AvgIpc) is 2.44. The number of anilines is 1. The molecule has 0 unspecified atom stereocenters. The molecular formula is C16H18ClNO2S. The summed E-state index contributed by atoms with van der Waals surface area (Å²) in [6, 6.07) is 12.1. The Hall–Kier alpha value is -1.52. The lowest BCUT2D eigenvalue weighted by molar-refractivity contribution is 0.601. The molecule has 0 aliphatic carbocycles. The standard InChI is InChI=1S/C16H18ClNO2S/c1-3-4-13-6-9-15(10-7-13)21(19,20)18-16-11-14(17)8-5-12(16)2/h5-11,18H,3-4H2,1-2H3. The Morgan fingerprint density at radius 3 is 2.38 bits per heavy atom. The molecule has 3 nitrogen and oxygen atoms in total. The van der Waals surface area contributed by atoms with Gasteiger partial charge in [-0.05, 0) is 48.7 Å². The second-order valence-electron chi connectivity index (χ2n) is 4.96. The predicted octanol–water partition coefficient (Wildman–Crippen LogP) is 4.40. The predicted molar refractivity (Wildman–Crippen MR) is 87.4 cm³/mol. The highest BCUT2D eigenvalue weighted by atomic mass is 35.5. The highest BCUT2D eigenvalue weighted by molar-refractivity contribution is 7.92. The quantitative estimate of drug-likeness (QED) is 0.886. The summed E-state index contributed by atoms with van der Waals surface area (Å²) in [5.74, 6) is 0. The smallest absolute Gasteiger partial charge is 0.261 e. The Morgan fingerprint density at radius 2 is 1.76 bits per heavy atom. The van der Waals surface area contributed by atoms with Crippen LogP contribution in [0.2, 0.25) is 5.02 Å². The highest BCUT2D eigenvalue weighted by Crippen LogP contribution is 2.23. The molecule has 0 atom stereocenters. The number of hydrogen-bond donors (Lipinski definition) is 1. The zero-order chi connectivity index (χ0) is 15.5. The van der Waals surface area contributed by atoms with E-state index in [2.05, 4.69) is 11.6 Å². The van der Waals surface area contributed by atoms with E-state index in [0.29, 0.717) is 10.7 Å². The second kappa shape index (κ2) is 6.50. The van der Waals surface area contributed by atoms with Gasteiger partial charge in [0.2, 0.25) is 0 Å². The fraction of sp³-hybridized carbons (Fsp3) is 0.250. The Kier molecular flexibility index (Phi) is 4.91. The number of benzene rings is 2. The van der Waals surface area contributed by atoms with E-state index in [-0.39, 0.29) is 4.90 Å². The van der Waals surface area contributed by atoms with Crippen molar-refractivity contribution in [1.82, 2.24) is 0 Å². The van der Waals surface area contributed by atoms with Crippen LogP contribution in [0.5, 0.6) is 0 Å². The summed E-state index contributed by atoms with van der Waals surface area (Å²) in [5, 5.41) is 0.497. The number of hydrogen-bond acceptors (Lipinski definition) is 2. The monoisotopic (exact) mass is 323 g/mol. The van der Waals surface area contributed by atoms with E-state index in [4.69, 9.17) is 11.6 Å². The van der Waals surface area contributed by atoms with Crippen molar-refractivity contribution in [1.29, 1.82) is 0 Å². The lowest BCUT2D eigenvalue weighted by Gasteiger charge is -2.11. The van der Waals surface area contributed by atoms with E-state index in [0.717, 1.165) is 24.0 Å². The first kappa shape index (κ1) is 15.9. The van der Waals surface area contributed by atoms with Gasteiger partial charge in [0.05, 0.1) is 10.6 Å². The fourth-order valence-electron chi connectivity index (χ4n) is 2.03. The molecule has 0 aliphatic rings. The number of halogens is 1. The molecule has 0 bridgehead atoms. The van der Waals surface area contributed by atoms with E-state index in [9.17, 15) is 8.42 Å². The molecule has 0 fully saturated rings. The van der Waals surface area contributed by atoms with Gasteiger partial charge in [-0.15, -0.1) is 0 Å². The maximum atomic E-state index is 12.4. The third kappa shape index (κ3) is 3.99. The van der Waals surface area contributed by atoms with Crippen molar-refractivity contribution in [3.05, 3.63) is 58.6 Å². The van der Waals surface area contributed by atoms with Gasteiger partial charge in [-0.1, -0.05) is 43.1 Å². The van der Waals surface area contributed by atoms with Crippen LogP contribution in [-0.4, -0.2) is 8.42 Å². The SMILES string of the molecule is CCCc1ccc(S(=O)(=O)Nc2cc(Cl)ccc2C)cc1. The van der Waals surface area contributed by atoms with Gasteiger partial charge in [0.15, 0.2) is 0 Å². The van der Waals surface area contributed by atoms with Crippen molar-refractivity contribution in [2.45, 2.75) is 31.6 Å². The van der Waals surface area contributed by atoms with Gasteiger partial charge >= 0.3 is 0 Å². The second-order valence-corrected chi connectivity index (χ2v) is 7.08. The van der Waals surface area contributed by atoms with Crippen molar-refractivity contribution >= 4 is 27.3 Å². The van der Waals surface area contributed by atoms with Crippen molar-refractivity contribution in [2.75, 3.05) is 4.72 Å². The average molecular weight is 324 g/mol. The van der Waals surface area contributed by atoms with Gasteiger partial charge in [0.1, 0.15) is 0 Å². The maximum absolute atomic E-state index is 12.4. The van der Waals surface area contributed by atoms with Crippen LogP contribution in [0.3, 0.4) is 0 Å². The number of sulfonamides is 1.